The molecule has 0 unspecified atom stereocenters. The maximum absolute atomic E-state index is 10.2. The summed E-state index contributed by atoms with van der Waals surface area (Å²) in [5.74, 6) is -1.32. The number of unbranched alkanes of at least 4 members (excludes halogenated alkanes) is 18. The molecule has 0 aromatic carbocycles. The van der Waals surface area contributed by atoms with Gasteiger partial charge in [-0.15, -0.1) is 0 Å². The molecule has 0 amide bonds. The van der Waals surface area contributed by atoms with Crippen molar-refractivity contribution >= 4 is 42.1 Å². The van der Waals surface area contributed by atoms with Crippen molar-refractivity contribution in [3.05, 3.63) is 0 Å². The van der Waals surface area contributed by atoms with Crippen molar-refractivity contribution in [2.24, 2.45) is 0 Å². The van der Waals surface area contributed by atoms with Gasteiger partial charge < -0.3 is 27.9 Å². The van der Waals surface area contributed by atoms with Crippen LogP contribution in [0.2, 0.25) is 8.87 Å². The van der Waals surface area contributed by atoms with Gasteiger partial charge >= 0.3 is 90.5 Å². The molecule has 0 spiro atoms. The molecule has 0 rings (SSSR count). The van der Waals surface area contributed by atoms with Crippen LogP contribution >= 0.6 is 0 Å². The van der Waals surface area contributed by atoms with Crippen molar-refractivity contribution in [2.45, 2.75) is 244 Å². The van der Waals surface area contributed by atoms with Gasteiger partial charge in [0.25, 0.3) is 0 Å². The molecule has 2 radical (unpaired) electrons. The second-order valence-corrected chi connectivity index (χ2v) is 20.7. The summed E-state index contributed by atoms with van der Waals surface area (Å²) in [7, 11) is -2.88. The Kier molecular flexibility index (Phi) is 61.5. The van der Waals surface area contributed by atoms with Crippen LogP contribution in [0, 0.1) is 0 Å². The SMILES string of the molecule is CCCCCCCCCCCC(=O)O.CCCCCCCCCCCC(=O)O.CCCO[Si](OCCC)(OCCC)OCCC.CCC[CH2][Sn][CH2]CCC. The molecule has 10 heteroatoms. The minimum atomic E-state index is -2.88. The van der Waals surface area contributed by atoms with Crippen molar-refractivity contribution < 1.29 is 37.5 Å². The van der Waals surface area contributed by atoms with Crippen molar-refractivity contribution in [1.82, 2.24) is 0 Å². The van der Waals surface area contributed by atoms with Gasteiger partial charge in [0.1, 0.15) is 0 Å². The number of carboxylic acids is 2. The van der Waals surface area contributed by atoms with Gasteiger partial charge in [-0.05, 0) is 38.5 Å². The fraction of sp³-hybridized carbons (Fsp3) is 0.955. The van der Waals surface area contributed by atoms with E-state index in [1.807, 2.05) is 0 Å². The summed E-state index contributed by atoms with van der Waals surface area (Å²) in [6.45, 7) is 19.8. The van der Waals surface area contributed by atoms with Crippen molar-refractivity contribution in [1.29, 1.82) is 0 Å². The zero-order chi connectivity index (χ0) is 41.2. The molecule has 0 aromatic heterocycles. The molecule has 0 fully saturated rings. The van der Waals surface area contributed by atoms with Crippen LogP contribution in [0.4, 0.5) is 0 Å². The molecule has 326 valence electrons. The number of carbonyl (C=O) groups is 2. The van der Waals surface area contributed by atoms with Crippen LogP contribution in [0.15, 0.2) is 0 Å². The zero-order valence-corrected chi connectivity index (χ0v) is 41.2. The number of aliphatic carboxylic acids is 2. The molecular formula is C44H94O8SiSn. The molecule has 0 heterocycles. The average Bonchev–Trinajstić information content (AvgIpc) is 3.16. The third-order valence-corrected chi connectivity index (χ3v) is 14.6. The van der Waals surface area contributed by atoms with Gasteiger partial charge in [0.2, 0.25) is 0 Å². The molecule has 8 nitrogen and oxygen atoms in total. The molecule has 0 aliphatic carbocycles. The molecule has 0 aliphatic rings. The Morgan fingerprint density at radius 2 is 0.611 bits per heavy atom. The van der Waals surface area contributed by atoms with Gasteiger partial charge in [0.15, 0.2) is 0 Å². The minimum absolute atomic E-state index is 0.149. The van der Waals surface area contributed by atoms with E-state index in [0.29, 0.717) is 39.3 Å². The molecule has 0 atom stereocenters. The predicted molar refractivity (Wildman–Crippen MR) is 235 cm³/mol. The van der Waals surface area contributed by atoms with Crippen LogP contribution in [-0.4, -0.2) is 78.8 Å². The van der Waals surface area contributed by atoms with Crippen molar-refractivity contribution in [3.8, 4) is 0 Å². The first-order valence-electron chi connectivity index (χ1n) is 22.9. The molecule has 0 bridgehead atoms. The van der Waals surface area contributed by atoms with Gasteiger partial charge in [0.05, 0.1) is 0 Å². The monoisotopic (exact) mass is 899 g/mol. The molecule has 54 heavy (non-hydrogen) atoms. The van der Waals surface area contributed by atoms with E-state index in [2.05, 4.69) is 55.4 Å². The topological polar surface area (TPSA) is 112 Å². The van der Waals surface area contributed by atoms with Crippen LogP contribution in [0.25, 0.3) is 0 Å². The van der Waals surface area contributed by atoms with Gasteiger partial charge in [-0.3, -0.25) is 9.59 Å². The quantitative estimate of drug-likeness (QED) is 0.0466. The average molecular weight is 898 g/mol. The van der Waals surface area contributed by atoms with Gasteiger partial charge in [-0.1, -0.05) is 144 Å². The summed E-state index contributed by atoms with van der Waals surface area (Å²) >= 11 is 0.149. The van der Waals surface area contributed by atoms with Gasteiger partial charge in [0, 0.05) is 39.3 Å². The number of carboxylic acid groups (broad SMARTS) is 2. The van der Waals surface area contributed by atoms with E-state index >= 15 is 0 Å². The molecule has 0 aliphatic heterocycles. The van der Waals surface area contributed by atoms with Gasteiger partial charge in [-0.25, -0.2) is 0 Å². The third-order valence-electron chi connectivity index (χ3n) is 8.33. The summed E-state index contributed by atoms with van der Waals surface area (Å²) in [5.41, 5.74) is 0. The van der Waals surface area contributed by atoms with Crippen molar-refractivity contribution in [2.75, 3.05) is 26.4 Å². The summed E-state index contributed by atoms with van der Waals surface area (Å²) in [5, 5.41) is 16.8. The summed E-state index contributed by atoms with van der Waals surface area (Å²) < 4.78 is 26.3. The first-order valence-corrected chi connectivity index (χ1v) is 28.6. The summed E-state index contributed by atoms with van der Waals surface area (Å²) in [6, 6.07) is 0. The van der Waals surface area contributed by atoms with Gasteiger partial charge in [-0.2, -0.15) is 0 Å². The Labute approximate surface area is 348 Å². The number of rotatable bonds is 38. The first kappa shape index (κ1) is 60.5. The number of hydrogen-bond acceptors (Lipinski definition) is 6. The third kappa shape index (κ3) is 58.5. The fourth-order valence-corrected chi connectivity index (χ4v) is 11.5. The van der Waals surface area contributed by atoms with E-state index in [-0.39, 0.29) is 21.1 Å². The second kappa shape index (κ2) is 54.9. The Balaban J connectivity index is -0.000000315. The Morgan fingerprint density at radius 3 is 0.833 bits per heavy atom. The van der Waals surface area contributed by atoms with E-state index in [0.717, 1.165) is 51.4 Å². The Hall–Kier alpha value is -0.204. The maximum atomic E-state index is 10.2. The molecule has 2 N–H and O–H groups in total. The fourth-order valence-electron chi connectivity index (χ4n) is 5.06. The van der Waals surface area contributed by atoms with Crippen LogP contribution in [-0.2, 0) is 27.3 Å². The first-order chi connectivity index (χ1) is 26.2. The van der Waals surface area contributed by atoms with E-state index in [9.17, 15) is 9.59 Å². The summed E-state index contributed by atoms with van der Waals surface area (Å²) in [6.07, 6.45) is 32.6. The molecule has 0 saturated heterocycles. The standard InChI is InChI=1S/C12H28O4Si.2C12H24O2.2C4H9.Sn/c1-5-9-13-17(14-10-6-2,15-11-7-3)16-12-8-4;2*1-2-3-4-5-6-7-8-9-10-11-12(13)14;2*1-3-4-2;/h5-12H2,1-4H3;2*2-11H2,1H3,(H,13,14);2*1,3-4H2,2H3;. The summed E-state index contributed by atoms with van der Waals surface area (Å²) in [4.78, 5) is 20.4. The van der Waals surface area contributed by atoms with Crippen LogP contribution in [0.1, 0.15) is 235 Å². The molecule has 0 aromatic rings. The van der Waals surface area contributed by atoms with Crippen molar-refractivity contribution in [3.63, 3.8) is 0 Å². The van der Waals surface area contributed by atoms with E-state index in [1.54, 1.807) is 8.87 Å². The predicted octanol–water partition coefficient (Wildman–Crippen LogP) is 14.2. The zero-order valence-electron chi connectivity index (χ0n) is 37.4. The number of hydrogen-bond donors (Lipinski definition) is 2. The molecule has 0 saturated carbocycles. The Morgan fingerprint density at radius 1 is 0.370 bits per heavy atom. The Bertz CT molecular complexity index is 626. The molecular weight excluding hydrogens is 803 g/mol. The van der Waals surface area contributed by atoms with E-state index < -0.39 is 21.0 Å². The van der Waals surface area contributed by atoms with Crippen LogP contribution < -0.4 is 0 Å². The van der Waals surface area contributed by atoms with E-state index in [4.69, 9.17) is 27.9 Å². The normalized spacial score (nSPS) is 10.8. The van der Waals surface area contributed by atoms with Crippen LogP contribution in [0.5, 0.6) is 0 Å². The second-order valence-electron chi connectivity index (χ2n) is 14.3. The van der Waals surface area contributed by atoms with Crippen LogP contribution in [0.3, 0.4) is 0 Å². The van der Waals surface area contributed by atoms with E-state index in [1.165, 1.54) is 116 Å².